The molecule has 1 atom stereocenters. The molecule has 1 aliphatic rings. The van der Waals surface area contributed by atoms with Crippen molar-refractivity contribution in [3.63, 3.8) is 0 Å². The summed E-state index contributed by atoms with van der Waals surface area (Å²) >= 11 is 5.63. The maximum absolute atomic E-state index is 13.7. The maximum Gasteiger partial charge on any atom is 0.344 e. The Kier molecular flexibility index (Phi) is 4.98. The van der Waals surface area contributed by atoms with Gasteiger partial charge in [-0.3, -0.25) is 4.79 Å². The zero-order chi connectivity index (χ0) is 18.1. The predicted molar refractivity (Wildman–Crippen MR) is 86.8 cm³/mol. The number of anilines is 1. The molecule has 2 rings (SSSR count). The van der Waals surface area contributed by atoms with E-state index in [0.717, 1.165) is 6.07 Å². The summed E-state index contributed by atoms with van der Waals surface area (Å²) in [7, 11) is 0. The van der Waals surface area contributed by atoms with E-state index < -0.39 is 29.3 Å². The van der Waals surface area contributed by atoms with Crippen molar-refractivity contribution < 1.29 is 18.8 Å². The highest BCUT2D eigenvalue weighted by molar-refractivity contribution is 6.30. The van der Waals surface area contributed by atoms with Crippen LogP contribution in [-0.2, 0) is 4.79 Å². The molecule has 1 unspecified atom stereocenters. The number of benzene rings is 1. The van der Waals surface area contributed by atoms with Crippen LogP contribution in [0.1, 0.15) is 27.2 Å². The van der Waals surface area contributed by atoms with Crippen LogP contribution in [0.15, 0.2) is 18.2 Å². The normalized spacial score (nSPS) is 20.3. The highest BCUT2D eigenvalue weighted by atomic mass is 35.5. The second-order valence-corrected chi connectivity index (χ2v) is 6.18. The minimum Gasteiger partial charge on any atom is -0.321 e. The number of amides is 5. The summed E-state index contributed by atoms with van der Waals surface area (Å²) in [5.74, 6) is -1.46. The Hall–Kier alpha value is -2.35. The van der Waals surface area contributed by atoms with Crippen LogP contribution in [0.2, 0.25) is 5.02 Å². The van der Waals surface area contributed by atoms with Gasteiger partial charge in [-0.05, 0) is 30.5 Å². The van der Waals surface area contributed by atoms with E-state index in [2.05, 4.69) is 16.1 Å². The van der Waals surface area contributed by atoms with Gasteiger partial charge in [0.05, 0.1) is 5.69 Å². The highest BCUT2D eigenvalue weighted by Gasteiger charge is 2.52. The van der Waals surface area contributed by atoms with Crippen molar-refractivity contribution in [1.29, 1.82) is 0 Å². The molecule has 130 valence electrons. The second-order valence-electron chi connectivity index (χ2n) is 5.74. The minimum absolute atomic E-state index is 0.130. The lowest BCUT2D eigenvalue weighted by Gasteiger charge is -2.29. The smallest absolute Gasteiger partial charge is 0.321 e. The largest absolute Gasteiger partial charge is 0.344 e. The van der Waals surface area contributed by atoms with Crippen molar-refractivity contribution >= 4 is 35.3 Å². The molecule has 1 fully saturated rings. The number of rotatable bonds is 4. The first-order valence-electron chi connectivity index (χ1n) is 7.40. The van der Waals surface area contributed by atoms with Crippen molar-refractivity contribution in [2.45, 2.75) is 32.7 Å². The molecule has 0 bridgehead atoms. The van der Waals surface area contributed by atoms with Gasteiger partial charge in [-0.2, -0.15) is 5.01 Å². The van der Waals surface area contributed by atoms with Gasteiger partial charge in [0.25, 0.3) is 5.91 Å². The Bertz CT molecular complexity index is 697. The molecule has 3 N–H and O–H groups in total. The Labute approximate surface area is 143 Å². The van der Waals surface area contributed by atoms with Crippen LogP contribution < -0.4 is 16.1 Å². The summed E-state index contributed by atoms with van der Waals surface area (Å²) in [6.07, 6.45) is 0.376. The molecule has 0 aromatic heterocycles. The van der Waals surface area contributed by atoms with Crippen LogP contribution >= 0.6 is 11.6 Å². The molecule has 0 aliphatic carbocycles. The summed E-state index contributed by atoms with van der Waals surface area (Å²) in [4.78, 5) is 36.5. The monoisotopic (exact) mass is 356 g/mol. The lowest BCUT2D eigenvalue weighted by Crippen LogP contribution is -2.53. The molecule has 1 saturated heterocycles. The molecular weight excluding hydrogens is 339 g/mol. The van der Waals surface area contributed by atoms with E-state index in [4.69, 9.17) is 11.6 Å². The molecule has 1 aromatic rings. The number of nitrogens with zero attached hydrogens (tertiary/aromatic N) is 1. The third-order valence-electron chi connectivity index (χ3n) is 4.05. The number of hydrazine groups is 1. The zero-order valence-electron chi connectivity index (χ0n) is 13.4. The van der Waals surface area contributed by atoms with E-state index in [1.54, 1.807) is 20.8 Å². The number of imide groups is 1. The summed E-state index contributed by atoms with van der Waals surface area (Å²) < 4.78 is 13.7. The van der Waals surface area contributed by atoms with E-state index >= 15 is 0 Å². The van der Waals surface area contributed by atoms with Gasteiger partial charge >= 0.3 is 12.1 Å². The quantitative estimate of drug-likeness (QED) is 0.724. The summed E-state index contributed by atoms with van der Waals surface area (Å²) in [6.45, 7) is 5.37. The Morgan fingerprint density at radius 3 is 2.58 bits per heavy atom. The van der Waals surface area contributed by atoms with Gasteiger partial charge in [-0.25, -0.2) is 19.4 Å². The van der Waals surface area contributed by atoms with E-state index in [1.165, 1.54) is 12.1 Å². The fourth-order valence-corrected chi connectivity index (χ4v) is 2.73. The summed E-state index contributed by atoms with van der Waals surface area (Å²) in [6, 6.07) is 2.05. The average molecular weight is 357 g/mol. The van der Waals surface area contributed by atoms with E-state index in [1.807, 2.05) is 0 Å². The molecule has 7 nitrogen and oxygen atoms in total. The van der Waals surface area contributed by atoms with Crippen LogP contribution in [0.5, 0.6) is 0 Å². The molecule has 0 radical (unpaired) electrons. The van der Waals surface area contributed by atoms with Crippen LogP contribution in [0.25, 0.3) is 0 Å². The Morgan fingerprint density at radius 2 is 2.08 bits per heavy atom. The number of hydrogen-bond acceptors (Lipinski definition) is 3. The maximum atomic E-state index is 13.7. The number of urea groups is 2. The third kappa shape index (κ3) is 3.14. The van der Waals surface area contributed by atoms with E-state index in [9.17, 15) is 18.8 Å². The molecule has 24 heavy (non-hydrogen) atoms. The fourth-order valence-electron chi connectivity index (χ4n) is 2.58. The number of carbonyl (C=O) groups excluding carboxylic acids is 3. The lowest BCUT2D eigenvalue weighted by atomic mass is 9.84. The number of carbonyl (C=O) groups is 3. The van der Waals surface area contributed by atoms with Crippen LogP contribution in [0, 0.1) is 11.7 Å². The van der Waals surface area contributed by atoms with E-state index in [-0.39, 0.29) is 16.6 Å². The summed E-state index contributed by atoms with van der Waals surface area (Å²) in [5.41, 5.74) is 0.931. The highest BCUT2D eigenvalue weighted by Crippen LogP contribution is 2.28. The molecule has 5 amide bonds. The molecule has 1 heterocycles. The molecule has 1 aromatic carbocycles. The number of hydrogen-bond donors (Lipinski definition) is 3. The first kappa shape index (κ1) is 18.0. The molecule has 0 spiro atoms. The minimum atomic E-state index is -1.07. The first-order valence-corrected chi connectivity index (χ1v) is 7.78. The van der Waals surface area contributed by atoms with Crippen LogP contribution in [0.3, 0.4) is 0 Å². The Morgan fingerprint density at radius 1 is 1.42 bits per heavy atom. The predicted octanol–water partition coefficient (Wildman–Crippen LogP) is 2.87. The average Bonchev–Trinajstić information content (AvgIpc) is 2.75. The van der Waals surface area contributed by atoms with Gasteiger partial charge < -0.3 is 10.6 Å². The van der Waals surface area contributed by atoms with Gasteiger partial charge in [0.15, 0.2) is 0 Å². The molecule has 9 heteroatoms. The number of halogens is 2. The van der Waals surface area contributed by atoms with Gasteiger partial charge in [0, 0.05) is 5.02 Å². The van der Waals surface area contributed by atoms with Gasteiger partial charge in [0.2, 0.25) is 0 Å². The zero-order valence-corrected chi connectivity index (χ0v) is 14.2. The first-order chi connectivity index (χ1) is 11.2. The summed E-state index contributed by atoms with van der Waals surface area (Å²) in [5, 5.41) is 5.61. The Balaban J connectivity index is 2.11. The van der Waals surface area contributed by atoms with E-state index in [0.29, 0.717) is 11.4 Å². The molecule has 1 aliphatic heterocycles. The SMILES string of the molecule is CCC1(C(C)C)NC(=O)N(NC(=O)Nc2ccc(Cl)cc2F)C1=O. The molecule has 0 saturated carbocycles. The molecular formula is C15H18ClFN4O3. The fraction of sp³-hybridized carbons (Fsp3) is 0.400. The topological polar surface area (TPSA) is 90.5 Å². The van der Waals surface area contributed by atoms with Crippen molar-refractivity contribution in [2.75, 3.05) is 5.32 Å². The van der Waals surface area contributed by atoms with Crippen molar-refractivity contribution in [1.82, 2.24) is 15.8 Å². The van der Waals surface area contributed by atoms with Crippen LogP contribution in [0.4, 0.5) is 19.7 Å². The number of nitrogens with one attached hydrogen (secondary N) is 3. The lowest BCUT2D eigenvalue weighted by molar-refractivity contribution is -0.134. The third-order valence-corrected chi connectivity index (χ3v) is 4.29. The van der Waals surface area contributed by atoms with Gasteiger partial charge in [-0.1, -0.05) is 32.4 Å². The van der Waals surface area contributed by atoms with Crippen molar-refractivity contribution in [2.24, 2.45) is 5.92 Å². The van der Waals surface area contributed by atoms with Gasteiger partial charge in [-0.15, -0.1) is 0 Å². The van der Waals surface area contributed by atoms with Crippen LogP contribution in [-0.4, -0.2) is 28.5 Å². The second kappa shape index (κ2) is 6.64. The van der Waals surface area contributed by atoms with Crippen molar-refractivity contribution in [3.8, 4) is 0 Å². The standard InChI is InChI=1S/C15H18ClFN4O3/c1-4-15(8(2)3)12(22)21(14(24)19-15)20-13(23)18-11-6-5-9(16)7-10(11)17/h5-8H,4H2,1-3H3,(H,19,24)(H2,18,20,23). The van der Waals surface area contributed by atoms with Gasteiger partial charge in [0.1, 0.15) is 11.4 Å². The van der Waals surface area contributed by atoms with Crippen molar-refractivity contribution in [3.05, 3.63) is 29.0 Å².